The molecule has 3 heterocycles. The Morgan fingerprint density at radius 3 is 2.71 bits per heavy atom. The van der Waals surface area contributed by atoms with Crippen molar-refractivity contribution in [1.82, 2.24) is 9.88 Å². The first-order chi connectivity index (χ1) is 13.0. The monoisotopic (exact) mass is 413 g/mol. The lowest BCUT2D eigenvalue weighted by Crippen LogP contribution is -2.32. The molecule has 1 saturated heterocycles. The zero-order chi connectivity index (χ0) is 18.8. The summed E-state index contributed by atoms with van der Waals surface area (Å²) in [5.74, 6) is 0. The molecule has 1 aromatic heterocycles. The topological polar surface area (TPSA) is 74.9 Å². The summed E-state index contributed by atoms with van der Waals surface area (Å²) in [4.78, 5) is 0.434. The fraction of sp³-hybridized carbons (Fsp3) is 0.286. The molecule has 5 rings (SSSR count). The average Bonchev–Trinajstić information content (AvgIpc) is 3.20. The van der Waals surface area contributed by atoms with E-state index in [-0.39, 0.29) is 22.2 Å². The van der Waals surface area contributed by atoms with Crippen molar-refractivity contribution in [3.05, 3.63) is 59.3 Å². The van der Waals surface area contributed by atoms with Crippen molar-refractivity contribution < 1.29 is 8.42 Å². The van der Waals surface area contributed by atoms with Crippen LogP contribution in [-0.2, 0) is 23.3 Å². The Kier molecular flexibility index (Phi) is 4.50. The van der Waals surface area contributed by atoms with Gasteiger partial charge in [0, 0.05) is 42.1 Å². The molecule has 144 valence electrons. The quantitative estimate of drug-likeness (QED) is 0.695. The van der Waals surface area contributed by atoms with Crippen LogP contribution < -0.4 is 5.32 Å². The molecule has 0 aliphatic carbocycles. The number of halogens is 1. The fourth-order valence-corrected chi connectivity index (χ4v) is 5.95. The number of nitrogens with zero attached hydrogens (tertiary/aromatic N) is 2. The molecule has 0 saturated carbocycles. The molecule has 0 radical (unpaired) electrons. The lowest BCUT2D eigenvalue weighted by atomic mass is 9.99. The van der Waals surface area contributed by atoms with Gasteiger partial charge < -0.3 is 9.88 Å². The fourth-order valence-electron chi connectivity index (χ4n) is 4.62. The second-order valence-corrected chi connectivity index (χ2v) is 9.39. The van der Waals surface area contributed by atoms with Crippen LogP contribution in [0, 0.1) is 11.3 Å². The molecule has 0 amide bonds. The van der Waals surface area contributed by atoms with Crippen molar-refractivity contribution in [3.63, 3.8) is 0 Å². The third-order valence-electron chi connectivity index (χ3n) is 5.95. The molecule has 2 aromatic carbocycles. The Labute approximate surface area is 170 Å². The van der Waals surface area contributed by atoms with E-state index in [1.54, 1.807) is 24.3 Å². The van der Waals surface area contributed by atoms with Crippen molar-refractivity contribution in [2.24, 2.45) is 7.05 Å². The third kappa shape index (κ3) is 2.66. The minimum atomic E-state index is -3.67. The van der Waals surface area contributed by atoms with Gasteiger partial charge in [0.25, 0.3) is 0 Å². The number of hydrogen-bond acceptors (Lipinski definition) is 4. The van der Waals surface area contributed by atoms with Gasteiger partial charge in [0.15, 0.2) is 0 Å². The Morgan fingerprint density at radius 2 is 1.93 bits per heavy atom. The standard InChI is InChI=1S/C21H19N3O2S.ClH/c1-24-19-8-6-16(27(25,26)15-4-2-3-13(9-15)12-22)11-17(19)21-18-7-5-14(23-18)10-20(21)24;/h2-4,6,8-9,11,14,18,23H,5,7,10H2,1H3;1H. The molecule has 2 aliphatic heterocycles. The van der Waals surface area contributed by atoms with Crippen LogP contribution in [0.15, 0.2) is 52.3 Å². The lowest BCUT2D eigenvalue weighted by molar-refractivity contribution is 0.503. The van der Waals surface area contributed by atoms with Gasteiger partial charge in [-0.2, -0.15) is 5.26 Å². The number of nitriles is 1. The highest BCUT2D eigenvalue weighted by molar-refractivity contribution is 7.91. The van der Waals surface area contributed by atoms with E-state index in [4.69, 9.17) is 5.26 Å². The molecule has 2 aliphatic rings. The summed E-state index contributed by atoms with van der Waals surface area (Å²) in [6.45, 7) is 0. The molecule has 1 N–H and O–H groups in total. The first-order valence-electron chi connectivity index (χ1n) is 9.11. The second kappa shape index (κ2) is 6.63. The van der Waals surface area contributed by atoms with Crippen LogP contribution in [0.3, 0.4) is 0 Å². The highest BCUT2D eigenvalue weighted by Gasteiger charge is 2.36. The van der Waals surface area contributed by atoms with Crippen molar-refractivity contribution in [2.45, 2.75) is 41.1 Å². The number of sulfone groups is 1. The maximum Gasteiger partial charge on any atom is 0.206 e. The van der Waals surface area contributed by atoms with E-state index in [9.17, 15) is 8.42 Å². The Bertz CT molecular complexity index is 1240. The summed E-state index contributed by atoms with van der Waals surface area (Å²) in [5.41, 5.74) is 3.98. The summed E-state index contributed by atoms with van der Waals surface area (Å²) in [6.07, 6.45) is 3.25. The van der Waals surface area contributed by atoms with E-state index < -0.39 is 9.84 Å². The van der Waals surface area contributed by atoms with E-state index in [2.05, 4.69) is 16.9 Å². The van der Waals surface area contributed by atoms with Crippen molar-refractivity contribution in [3.8, 4) is 6.07 Å². The van der Waals surface area contributed by atoms with Crippen LogP contribution >= 0.6 is 12.4 Å². The Hall–Kier alpha value is -2.33. The molecule has 0 spiro atoms. The van der Waals surface area contributed by atoms with Crippen LogP contribution in [0.25, 0.3) is 10.9 Å². The van der Waals surface area contributed by atoms with Crippen molar-refractivity contribution in [1.29, 1.82) is 5.26 Å². The maximum atomic E-state index is 13.1. The van der Waals surface area contributed by atoms with Gasteiger partial charge in [-0.15, -0.1) is 12.4 Å². The van der Waals surface area contributed by atoms with E-state index in [0.717, 1.165) is 23.7 Å². The largest absolute Gasteiger partial charge is 0.347 e. The van der Waals surface area contributed by atoms with Gasteiger partial charge in [-0.1, -0.05) is 6.07 Å². The van der Waals surface area contributed by atoms with Crippen LogP contribution in [0.4, 0.5) is 0 Å². The van der Waals surface area contributed by atoms with Crippen LogP contribution in [0.2, 0.25) is 0 Å². The van der Waals surface area contributed by atoms with Gasteiger partial charge in [-0.25, -0.2) is 8.42 Å². The number of benzene rings is 2. The van der Waals surface area contributed by atoms with Gasteiger partial charge in [0.05, 0.1) is 21.4 Å². The predicted molar refractivity (Wildman–Crippen MR) is 109 cm³/mol. The summed E-state index contributed by atoms with van der Waals surface area (Å²) in [6, 6.07) is 14.4. The number of aryl methyl sites for hydroxylation is 1. The summed E-state index contributed by atoms with van der Waals surface area (Å²) in [7, 11) is -1.61. The number of nitrogens with one attached hydrogen (secondary N) is 1. The van der Waals surface area contributed by atoms with E-state index in [1.807, 2.05) is 18.2 Å². The number of aromatic nitrogens is 1. The molecule has 3 aromatic rings. The van der Waals surface area contributed by atoms with Crippen LogP contribution in [0.1, 0.15) is 35.7 Å². The molecule has 28 heavy (non-hydrogen) atoms. The number of hydrogen-bond donors (Lipinski definition) is 1. The molecule has 5 nitrogen and oxygen atoms in total. The van der Waals surface area contributed by atoms with E-state index in [1.165, 1.54) is 23.7 Å². The smallest absolute Gasteiger partial charge is 0.206 e. The van der Waals surface area contributed by atoms with Gasteiger partial charge in [0.2, 0.25) is 9.84 Å². The molecule has 2 bridgehead atoms. The molecular weight excluding hydrogens is 394 g/mol. The first-order valence-corrected chi connectivity index (χ1v) is 10.6. The van der Waals surface area contributed by atoms with Gasteiger partial charge in [0.1, 0.15) is 0 Å². The Morgan fingerprint density at radius 1 is 1.14 bits per heavy atom. The number of rotatable bonds is 2. The molecular formula is C21H20ClN3O2S. The minimum Gasteiger partial charge on any atom is -0.347 e. The van der Waals surface area contributed by atoms with Gasteiger partial charge in [-0.3, -0.25) is 0 Å². The summed E-state index contributed by atoms with van der Waals surface area (Å²) >= 11 is 0. The maximum absolute atomic E-state index is 13.1. The minimum absolute atomic E-state index is 0. The molecule has 2 unspecified atom stereocenters. The van der Waals surface area contributed by atoms with Crippen molar-refractivity contribution in [2.75, 3.05) is 0 Å². The van der Waals surface area contributed by atoms with E-state index >= 15 is 0 Å². The SMILES string of the molecule is Cl.Cn1c2c(c3cc(S(=O)(=O)c4cccc(C#N)c4)ccc31)C1CCC(C2)N1. The first kappa shape index (κ1) is 19.0. The second-order valence-electron chi connectivity index (χ2n) is 7.44. The Balaban J connectivity index is 0.00000192. The van der Waals surface area contributed by atoms with E-state index in [0.29, 0.717) is 17.6 Å². The van der Waals surface area contributed by atoms with Gasteiger partial charge >= 0.3 is 0 Å². The van der Waals surface area contributed by atoms with Crippen LogP contribution in [-0.4, -0.2) is 19.0 Å². The summed E-state index contributed by atoms with van der Waals surface area (Å²) in [5, 5.41) is 13.8. The van der Waals surface area contributed by atoms with Crippen LogP contribution in [0.5, 0.6) is 0 Å². The molecule has 2 atom stereocenters. The van der Waals surface area contributed by atoms with Crippen molar-refractivity contribution >= 4 is 33.1 Å². The zero-order valence-corrected chi connectivity index (χ0v) is 17.0. The average molecular weight is 414 g/mol. The van der Waals surface area contributed by atoms with Gasteiger partial charge in [-0.05, 0) is 54.8 Å². The normalized spacial score (nSPS) is 20.4. The summed E-state index contributed by atoms with van der Waals surface area (Å²) < 4.78 is 28.5. The third-order valence-corrected chi connectivity index (χ3v) is 7.70. The lowest BCUT2D eigenvalue weighted by Gasteiger charge is -2.23. The molecule has 1 fully saturated rings. The predicted octanol–water partition coefficient (Wildman–Crippen LogP) is 3.65. The molecule has 7 heteroatoms. The number of fused-ring (bicyclic) bond motifs is 6. The zero-order valence-electron chi connectivity index (χ0n) is 15.3. The highest BCUT2D eigenvalue weighted by Crippen LogP contribution is 2.42. The highest BCUT2D eigenvalue weighted by atomic mass is 35.5.